The molecule has 19 heavy (non-hydrogen) atoms. The number of carbonyl (C=O) groups excluding carboxylic acids is 2. The van der Waals surface area contributed by atoms with Gasteiger partial charge in [-0.05, 0) is 12.8 Å². The number of hydrogen-bond donors (Lipinski definition) is 1. The van der Waals surface area contributed by atoms with E-state index in [0.29, 0.717) is 31.0 Å². The molecule has 6 nitrogen and oxygen atoms in total. The van der Waals surface area contributed by atoms with Crippen molar-refractivity contribution in [2.45, 2.75) is 19.8 Å². The molecule has 2 fully saturated rings. The zero-order chi connectivity index (χ0) is 14.0. The van der Waals surface area contributed by atoms with Crippen LogP contribution in [0.25, 0.3) is 0 Å². The van der Waals surface area contributed by atoms with Crippen molar-refractivity contribution >= 4 is 29.5 Å². The fraction of sp³-hybridized carbons (Fsp3) is 0.750. The number of aliphatic carboxylic acids is 1. The zero-order valence-electron chi connectivity index (χ0n) is 10.9. The van der Waals surface area contributed by atoms with Crippen LogP contribution >= 0.6 is 11.8 Å². The lowest BCUT2D eigenvalue weighted by Crippen LogP contribution is -2.42. The van der Waals surface area contributed by atoms with E-state index in [1.54, 1.807) is 4.90 Å². The van der Waals surface area contributed by atoms with Gasteiger partial charge in [-0.2, -0.15) is 0 Å². The van der Waals surface area contributed by atoms with Gasteiger partial charge in [0.05, 0.1) is 17.0 Å². The quantitative estimate of drug-likeness (QED) is 0.800. The van der Waals surface area contributed by atoms with Crippen LogP contribution in [0.1, 0.15) is 19.8 Å². The Labute approximate surface area is 116 Å². The maximum atomic E-state index is 12.1. The molecule has 106 valence electrons. The molecule has 1 N–H and O–H groups in total. The topological polar surface area (TPSA) is 77.9 Å². The molecule has 2 aliphatic rings. The molecule has 1 unspecified atom stereocenters. The maximum Gasteiger partial charge on any atom is 0.311 e. The first-order chi connectivity index (χ1) is 8.98. The molecular weight excluding hydrogens is 268 g/mol. The molecule has 0 spiro atoms. The molecule has 0 aliphatic carbocycles. The lowest BCUT2D eigenvalue weighted by Gasteiger charge is -2.24. The predicted molar refractivity (Wildman–Crippen MR) is 70.6 cm³/mol. The molecule has 2 amide bonds. The summed E-state index contributed by atoms with van der Waals surface area (Å²) in [5.74, 6) is -0.0135. The van der Waals surface area contributed by atoms with Gasteiger partial charge in [0.1, 0.15) is 6.54 Å². The van der Waals surface area contributed by atoms with Crippen molar-refractivity contribution in [2.24, 2.45) is 5.41 Å². The van der Waals surface area contributed by atoms with E-state index >= 15 is 0 Å². The van der Waals surface area contributed by atoms with E-state index in [1.807, 2.05) is 6.92 Å². The maximum absolute atomic E-state index is 12.1. The molecule has 2 rings (SSSR count). The highest BCUT2D eigenvalue weighted by atomic mass is 32.2. The van der Waals surface area contributed by atoms with E-state index in [2.05, 4.69) is 0 Å². The first-order valence-electron chi connectivity index (χ1n) is 6.35. The number of nitrogens with zero attached hydrogens (tertiary/aromatic N) is 2. The Morgan fingerprint density at radius 2 is 2.21 bits per heavy atom. The summed E-state index contributed by atoms with van der Waals surface area (Å²) in [6.07, 6.45) is 1.01. The molecule has 0 saturated carbocycles. The first kappa shape index (κ1) is 14.2. The third-order valence-corrected chi connectivity index (χ3v) is 4.93. The summed E-state index contributed by atoms with van der Waals surface area (Å²) in [4.78, 5) is 38.0. The van der Waals surface area contributed by atoms with Crippen LogP contribution in [0.15, 0.2) is 0 Å². The highest BCUT2D eigenvalue weighted by Gasteiger charge is 2.45. The number of hydrogen-bond acceptors (Lipinski definition) is 4. The van der Waals surface area contributed by atoms with Gasteiger partial charge in [0.15, 0.2) is 0 Å². The van der Waals surface area contributed by atoms with Crippen molar-refractivity contribution in [1.29, 1.82) is 0 Å². The molecule has 0 aromatic carbocycles. The van der Waals surface area contributed by atoms with Gasteiger partial charge in [0.25, 0.3) is 0 Å². The Hall–Kier alpha value is -1.24. The van der Waals surface area contributed by atoms with Crippen LogP contribution in [-0.4, -0.2) is 64.0 Å². The van der Waals surface area contributed by atoms with E-state index in [0.717, 1.165) is 0 Å². The molecule has 1 atom stereocenters. The number of rotatable bonds is 4. The van der Waals surface area contributed by atoms with Crippen LogP contribution in [0.3, 0.4) is 0 Å². The van der Waals surface area contributed by atoms with Crippen molar-refractivity contribution in [2.75, 3.05) is 31.3 Å². The van der Waals surface area contributed by atoms with E-state index in [-0.39, 0.29) is 24.9 Å². The smallest absolute Gasteiger partial charge is 0.311 e. The molecule has 0 aromatic heterocycles. The molecule has 2 heterocycles. The third kappa shape index (κ3) is 2.70. The summed E-state index contributed by atoms with van der Waals surface area (Å²) >= 11 is 1.50. The van der Waals surface area contributed by atoms with E-state index in [4.69, 9.17) is 0 Å². The summed E-state index contributed by atoms with van der Waals surface area (Å²) in [6, 6.07) is 0. The summed E-state index contributed by atoms with van der Waals surface area (Å²) in [5, 5.41) is 9.28. The van der Waals surface area contributed by atoms with Crippen molar-refractivity contribution in [1.82, 2.24) is 9.80 Å². The fourth-order valence-electron chi connectivity index (χ4n) is 2.50. The minimum atomic E-state index is -0.835. The largest absolute Gasteiger partial charge is 0.481 e. The fourth-order valence-corrected chi connectivity index (χ4v) is 3.41. The van der Waals surface area contributed by atoms with Crippen molar-refractivity contribution in [3.05, 3.63) is 0 Å². The van der Waals surface area contributed by atoms with Gasteiger partial charge >= 0.3 is 5.97 Å². The number of carboxylic acids is 1. The lowest BCUT2D eigenvalue weighted by atomic mass is 9.84. The van der Waals surface area contributed by atoms with E-state index in [9.17, 15) is 19.5 Å². The van der Waals surface area contributed by atoms with Crippen LogP contribution in [0, 0.1) is 5.41 Å². The normalized spacial score (nSPS) is 27.1. The highest BCUT2D eigenvalue weighted by molar-refractivity contribution is 8.00. The molecule has 2 saturated heterocycles. The Kier molecular flexibility index (Phi) is 4.03. The molecular formula is C12H18N2O4S. The van der Waals surface area contributed by atoms with Crippen LogP contribution in [0.5, 0.6) is 0 Å². The minimum absolute atomic E-state index is 0.0162. The standard InChI is InChI=1S/C12H18N2O4S/c1-2-12(11(17)18)3-4-13(7-12)9(15)5-14-8-19-6-10(14)16/h2-8H2,1H3,(H,17,18). The zero-order valence-corrected chi connectivity index (χ0v) is 11.7. The lowest BCUT2D eigenvalue weighted by molar-refractivity contribution is -0.149. The average molecular weight is 286 g/mol. The monoisotopic (exact) mass is 286 g/mol. The summed E-state index contributed by atoms with van der Waals surface area (Å²) in [5.41, 5.74) is -0.806. The highest BCUT2D eigenvalue weighted by Crippen LogP contribution is 2.34. The summed E-state index contributed by atoms with van der Waals surface area (Å²) < 4.78 is 0. The van der Waals surface area contributed by atoms with Crippen LogP contribution in [0.2, 0.25) is 0 Å². The second-order valence-corrected chi connectivity index (χ2v) is 6.03. The van der Waals surface area contributed by atoms with Crippen molar-refractivity contribution < 1.29 is 19.5 Å². The van der Waals surface area contributed by atoms with E-state index in [1.165, 1.54) is 16.7 Å². The van der Waals surface area contributed by atoms with Crippen molar-refractivity contribution in [3.8, 4) is 0 Å². The number of likely N-dealkylation sites (tertiary alicyclic amines) is 1. The SMILES string of the molecule is CCC1(C(=O)O)CCN(C(=O)CN2CSCC2=O)C1. The average Bonchev–Trinajstić information content (AvgIpc) is 2.97. The first-order valence-corrected chi connectivity index (χ1v) is 7.51. The Balaban J connectivity index is 1.95. The minimum Gasteiger partial charge on any atom is -0.481 e. The van der Waals surface area contributed by atoms with Gasteiger partial charge in [0, 0.05) is 13.1 Å². The van der Waals surface area contributed by atoms with Crippen molar-refractivity contribution in [3.63, 3.8) is 0 Å². The molecule has 7 heteroatoms. The number of carbonyl (C=O) groups is 3. The Morgan fingerprint density at radius 3 is 2.68 bits per heavy atom. The second kappa shape index (κ2) is 5.40. The number of thioether (sulfide) groups is 1. The van der Waals surface area contributed by atoms with Gasteiger partial charge in [-0.15, -0.1) is 11.8 Å². The van der Waals surface area contributed by atoms with Crippen LogP contribution in [0.4, 0.5) is 0 Å². The molecule has 0 bridgehead atoms. The third-order valence-electron chi connectivity index (χ3n) is 3.99. The van der Waals surface area contributed by atoms with Gasteiger partial charge in [-0.1, -0.05) is 6.92 Å². The molecule has 2 aliphatic heterocycles. The van der Waals surface area contributed by atoms with Gasteiger partial charge in [-0.25, -0.2) is 0 Å². The van der Waals surface area contributed by atoms with Gasteiger partial charge in [-0.3, -0.25) is 14.4 Å². The van der Waals surface area contributed by atoms with Crippen LogP contribution in [-0.2, 0) is 14.4 Å². The summed E-state index contributed by atoms with van der Waals surface area (Å²) in [7, 11) is 0. The molecule has 0 aromatic rings. The second-order valence-electron chi connectivity index (χ2n) is 5.07. The summed E-state index contributed by atoms with van der Waals surface area (Å²) in [6.45, 7) is 2.63. The Morgan fingerprint density at radius 1 is 1.47 bits per heavy atom. The van der Waals surface area contributed by atoms with E-state index < -0.39 is 11.4 Å². The molecule has 0 radical (unpaired) electrons. The predicted octanol–water partition coefficient (Wildman–Crippen LogP) is 0.233. The van der Waals surface area contributed by atoms with Gasteiger partial charge < -0.3 is 14.9 Å². The Bertz CT molecular complexity index is 415. The van der Waals surface area contributed by atoms with Gasteiger partial charge in [0.2, 0.25) is 11.8 Å². The number of amides is 2. The van der Waals surface area contributed by atoms with Crippen LogP contribution < -0.4 is 0 Å². The number of carboxylic acid groups (broad SMARTS) is 1.